The zero-order chi connectivity index (χ0) is 11.6. The van der Waals surface area contributed by atoms with Gasteiger partial charge in [0, 0.05) is 25.9 Å². The zero-order valence-corrected chi connectivity index (χ0v) is 8.28. The summed E-state index contributed by atoms with van der Waals surface area (Å²) in [6.07, 6.45) is -5.79. The first-order chi connectivity index (χ1) is 6.84. The first kappa shape index (κ1) is 11.8. The smallest absolute Gasteiger partial charge is 0.379 e. The predicted molar refractivity (Wildman–Crippen MR) is 49.6 cm³/mol. The van der Waals surface area contributed by atoms with Gasteiger partial charge in [-0.2, -0.15) is 13.2 Å². The second kappa shape index (κ2) is 4.06. The number of pyridine rings is 1. The van der Waals surface area contributed by atoms with Crippen molar-refractivity contribution in [1.29, 1.82) is 0 Å². The van der Waals surface area contributed by atoms with Crippen LogP contribution in [0.2, 0.25) is 0 Å². The molecule has 0 saturated heterocycles. The fourth-order valence-corrected chi connectivity index (χ4v) is 1.17. The third kappa shape index (κ3) is 2.59. The monoisotopic (exact) mass is 220 g/mol. The molecule has 0 aliphatic rings. The highest BCUT2D eigenvalue weighted by Gasteiger charge is 2.41. The lowest BCUT2D eigenvalue weighted by Crippen LogP contribution is -2.23. The largest absolute Gasteiger partial charge is 0.418 e. The Labute approximate surface area is 85.2 Å². The number of aromatic nitrogens is 1. The van der Waals surface area contributed by atoms with E-state index in [0.717, 1.165) is 0 Å². The van der Waals surface area contributed by atoms with E-state index in [1.54, 1.807) is 14.1 Å². The molecule has 0 amide bonds. The molecule has 84 valence electrons. The standard InChI is InChI=1S/C9H11F3N2O/c1-14(2)8-6(4-3-5-13-8)7(15)9(10,11)12/h3-5,7,15H,1-2H3/t7-/m1/s1. The minimum Gasteiger partial charge on any atom is -0.379 e. The fourth-order valence-electron chi connectivity index (χ4n) is 1.17. The molecule has 1 atom stereocenters. The maximum atomic E-state index is 12.3. The molecule has 6 heteroatoms. The number of halogens is 3. The SMILES string of the molecule is CN(C)c1ncccc1[C@@H](O)C(F)(F)F. The lowest BCUT2D eigenvalue weighted by molar-refractivity contribution is -0.206. The highest BCUT2D eigenvalue weighted by molar-refractivity contribution is 5.46. The summed E-state index contributed by atoms with van der Waals surface area (Å²) >= 11 is 0. The van der Waals surface area contributed by atoms with Crippen molar-refractivity contribution in [1.82, 2.24) is 4.98 Å². The molecule has 0 spiro atoms. The molecule has 3 nitrogen and oxygen atoms in total. The predicted octanol–water partition coefficient (Wildman–Crippen LogP) is 1.74. The van der Waals surface area contributed by atoms with Gasteiger partial charge in [0.15, 0.2) is 6.10 Å². The summed E-state index contributed by atoms with van der Waals surface area (Å²) in [5.74, 6) is 0.113. The number of aliphatic hydroxyl groups excluding tert-OH is 1. The van der Waals surface area contributed by atoms with Gasteiger partial charge in [-0.05, 0) is 6.07 Å². The quantitative estimate of drug-likeness (QED) is 0.824. The van der Waals surface area contributed by atoms with E-state index < -0.39 is 12.3 Å². The van der Waals surface area contributed by atoms with Crippen LogP contribution in [-0.2, 0) is 0 Å². The van der Waals surface area contributed by atoms with Gasteiger partial charge in [-0.1, -0.05) is 6.07 Å². The van der Waals surface area contributed by atoms with E-state index in [-0.39, 0.29) is 11.4 Å². The highest BCUT2D eigenvalue weighted by Crippen LogP contribution is 2.35. The Hall–Kier alpha value is -1.30. The molecule has 0 radical (unpaired) electrons. The van der Waals surface area contributed by atoms with Crippen molar-refractivity contribution in [3.05, 3.63) is 23.9 Å². The first-order valence-electron chi connectivity index (χ1n) is 4.21. The van der Waals surface area contributed by atoms with Crippen LogP contribution in [0, 0.1) is 0 Å². The maximum Gasteiger partial charge on any atom is 0.418 e. The number of alkyl halides is 3. The van der Waals surface area contributed by atoms with Crippen molar-refractivity contribution >= 4 is 5.82 Å². The van der Waals surface area contributed by atoms with Crippen molar-refractivity contribution in [2.45, 2.75) is 12.3 Å². The van der Waals surface area contributed by atoms with E-state index in [2.05, 4.69) is 4.98 Å². The van der Waals surface area contributed by atoms with Gasteiger partial charge in [0.1, 0.15) is 5.82 Å². The Morgan fingerprint density at radius 1 is 1.40 bits per heavy atom. The molecular weight excluding hydrogens is 209 g/mol. The molecule has 1 aromatic heterocycles. The van der Waals surface area contributed by atoms with Gasteiger partial charge in [-0.3, -0.25) is 0 Å². The Bertz CT molecular complexity index is 338. The normalized spacial score (nSPS) is 13.7. The zero-order valence-electron chi connectivity index (χ0n) is 8.28. The minimum absolute atomic E-state index is 0.113. The molecule has 0 unspecified atom stereocenters. The molecule has 0 aliphatic carbocycles. The summed E-state index contributed by atoms with van der Waals surface area (Å²) < 4.78 is 36.8. The summed E-state index contributed by atoms with van der Waals surface area (Å²) in [6.45, 7) is 0. The molecule has 0 aromatic carbocycles. The van der Waals surface area contributed by atoms with Gasteiger partial charge in [0.25, 0.3) is 0 Å². The van der Waals surface area contributed by atoms with Crippen molar-refractivity contribution in [3.8, 4) is 0 Å². The number of nitrogens with zero attached hydrogens (tertiary/aromatic N) is 2. The van der Waals surface area contributed by atoms with Crippen LogP contribution in [0.25, 0.3) is 0 Å². The van der Waals surface area contributed by atoms with E-state index in [4.69, 9.17) is 5.11 Å². The average molecular weight is 220 g/mol. The Kier molecular flexibility index (Phi) is 3.18. The van der Waals surface area contributed by atoms with Gasteiger partial charge in [-0.15, -0.1) is 0 Å². The molecule has 1 N–H and O–H groups in total. The molecule has 0 fully saturated rings. The van der Waals surface area contributed by atoms with Gasteiger partial charge in [0.05, 0.1) is 0 Å². The molecule has 0 bridgehead atoms. The fraction of sp³-hybridized carbons (Fsp3) is 0.444. The highest BCUT2D eigenvalue weighted by atomic mass is 19.4. The van der Waals surface area contributed by atoms with Crippen molar-refractivity contribution in [2.75, 3.05) is 19.0 Å². The van der Waals surface area contributed by atoms with Crippen LogP contribution in [-0.4, -0.2) is 30.4 Å². The van der Waals surface area contributed by atoms with Crippen LogP contribution in [0.3, 0.4) is 0 Å². The molecule has 1 heterocycles. The van der Waals surface area contributed by atoms with Crippen LogP contribution >= 0.6 is 0 Å². The molecule has 1 rings (SSSR count). The average Bonchev–Trinajstić information content (AvgIpc) is 2.15. The lowest BCUT2D eigenvalue weighted by Gasteiger charge is -2.20. The second-order valence-electron chi connectivity index (χ2n) is 3.25. The van der Waals surface area contributed by atoms with Crippen LogP contribution in [0.5, 0.6) is 0 Å². The van der Waals surface area contributed by atoms with Crippen molar-refractivity contribution in [2.24, 2.45) is 0 Å². The van der Waals surface area contributed by atoms with Crippen molar-refractivity contribution in [3.63, 3.8) is 0 Å². The number of aliphatic hydroxyl groups is 1. The maximum absolute atomic E-state index is 12.3. The molecule has 0 aliphatic heterocycles. The van der Waals surface area contributed by atoms with E-state index in [1.807, 2.05) is 0 Å². The van der Waals surface area contributed by atoms with E-state index in [9.17, 15) is 13.2 Å². The summed E-state index contributed by atoms with van der Waals surface area (Å²) in [5, 5.41) is 9.10. The van der Waals surface area contributed by atoms with Crippen LogP contribution in [0.15, 0.2) is 18.3 Å². The van der Waals surface area contributed by atoms with Gasteiger partial charge < -0.3 is 10.0 Å². The topological polar surface area (TPSA) is 36.4 Å². The summed E-state index contributed by atoms with van der Waals surface area (Å²) in [4.78, 5) is 5.20. The third-order valence-electron chi connectivity index (χ3n) is 1.85. The summed E-state index contributed by atoms with van der Waals surface area (Å²) in [7, 11) is 3.13. The molecule has 1 aromatic rings. The van der Waals surface area contributed by atoms with Crippen LogP contribution in [0.1, 0.15) is 11.7 Å². The third-order valence-corrected chi connectivity index (χ3v) is 1.85. The molecule has 15 heavy (non-hydrogen) atoms. The number of rotatable bonds is 2. The van der Waals surface area contributed by atoms with E-state index in [0.29, 0.717) is 0 Å². The van der Waals surface area contributed by atoms with Gasteiger partial charge >= 0.3 is 6.18 Å². The number of hydrogen-bond acceptors (Lipinski definition) is 3. The van der Waals surface area contributed by atoms with Crippen molar-refractivity contribution < 1.29 is 18.3 Å². The summed E-state index contributed by atoms with van der Waals surface area (Å²) in [6, 6.07) is 2.57. The lowest BCUT2D eigenvalue weighted by atomic mass is 10.1. The molecule has 0 saturated carbocycles. The Balaban J connectivity index is 3.14. The van der Waals surface area contributed by atoms with E-state index in [1.165, 1.54) is 23.2 Å². The Morgan fingerprint density at radius 2 is 2.00 bits per heavy atom. The van der Waals surface area contributed by atoms with Gasteiger partial charge in [-0.25, -0.2) is 4.98 Å². The van der Waals surface area contributed by atoms with Crippen LogP contribution in [0.4, 0.5) is 19.0 Å². The van der Waals surface area contributed by atoms with Gasteiger partial charge in [0.2, 0.25) is 0 Å². The van der Waals surface area contributed by atoms with E-state index >= 15 is 0 Å². The number of hydrogen-bond donors (Lipinski definition) is 1. The summed E-state index contributed by atoms with van der Waals surface area (Å²) in [5.41, 5.74) is -0.241. The van der Waals surface area contributed by atoms with Crippen LogP contribution < -0.4 is 4.90 Å². The second-order valence-corrected chi connectivity index (χ2v) is 3.25. The minimum atomic E-state index is -4.67. The first-order valence-corrected chi connectivity index (χ1v) is 4.21. The molecular formula is C9H11F3N2O. The Morgan fingerprint density at radius 3 is 2.47 bits per heavy atom. The number of anilines is 1.